The molecular formula is C19H25IN6O. The SMILES string of the molecule is CN=C(NCCCn1cc(C)cn1)NCc1coc(-c2ccccc2)n1.I. The number of aryl methyl sites for hydroxylation is 2. The van der Waals surface area contributed by atoms with Gasteiger partial charge in [0.2, 0.25) is 5.89 Å². The Hall–Kier alpha value is -2.36. The molecule has 0 unspecified atom stereocenters. The van der Waals surface area contributed by atoms with Crippen molar-refractivity contribution in [3.63, 3.8) is 0 Å². The van der Waals surface area contributed by atoms with E-state index in [9.17, 15) is 0 Å². The fourth-order valence-corrected chi connectivity index (χ4v) is 2.53. The van der Waals surface area contributed by atoms with Crippen molar-refractivity contribution in [1.82, 2.24) is 25.4 Å². The number of aromatic nitrogens is 3. The summed E-state index contributed by atoms with van der Waals surface area (Å²) in [6, 6.07) is 9.86. The molecule has 0 bridgehead atoms. The minimum Gasteiger partial charge on any atom is -0.444 e. The predicted octanol–water partition coefficient (Wildman–Crippen LogP) is 3.22. The Bertz CT molecular complexity index is 843. The van der Waals surface area contributed by atoms with Crippen LogP contribution in [0.5, 0.6) is 0 Å². The lowest BCUT2D eigenvalue weighted by molar-refractivity contribution is 0.568. The van der Waals surface area contributed by atoms with Crippen LogP contribution in [0.2, 0.25) is 0 Å². The van der Waals surface area contributed by atoms with E-state index in [2.05, 4.69) is 25.7 Å². The average Bonchev–Trinajstić information content (AvgIpc) is 3.31. The van der Waals surface area contributed by atoms with Gasteiger partial charge in [-0.2, -0.15) is 5.10 Å². The zero-order valence-corrected chi connectivity index (χ0v) is 17.9. The molecule has 0 saturated heterocycles. The first-order valence-corrected chi connectivity index (χ1v) is 8.68. The molecule has 7 nitrogen and oxygen atoms in total. The van der Waals surface area contributed by atoms with Crippen molar-refractivity contribution in [3.05, 3.63) is 60.2 Å². The predicted molar refractivity (Wildman–Crippen MR) is 117 cm³/mol. The Morgan fingerprint density at radius 1 is 1.22 bits per heavy atom. The van der Waals surface area contributed by atoms with Crippen molar-refractivity contribution in [3.8, 4) is 11.5 Å². The Kier molecular flexibility index (Phi) is 8.31. The molecule has 3 rings (SSSR count). The van der Waals surface area contributed by atoms with Crippen LogP contribution in [-0.2, 0) is 13.1 Å². The molecule has 27 heavy (non-hydrogen) atoms. The lowest BCUT2D eigenvalue weighted by Gasteiger charge is -2.10. The van der Waals surface area contributed by atoms with Crippen LogP contribution in [0, 0.1) is 6.92 Å². The molecule has 0 radical (unpaired) electrons. The van der Waals surface area contributed by atoms with Crippen LogP contribution in [0.1, 0.15) is 17.7 Å². The summed E-state index contributed by atoms with van der Waals surface area (Å²) in [5, 5.41) is 10.8. The lowest BCUT2D eigenvalue weighted by atomic mass is 10.2. The summed E-state index contributed by atoms with van der Waals surface area (Å²) in [4.78, 5) is 8.73. The third-order valence-corrected chi connectivity index (χ3v) is 3.85. The number of benzene rings is 1. The van der Waals surface area contributed by atoms with Crippen molar-refractivity contribution in [2.45, 2.75) is 26.4 Å². The van der Waals surface area contributed by atoms with Gasteiger partial charge in [0, 0.05) is 31.9 Å². The quantitative estimate of drug-likeness (QED) is 0.235. The van der Waals surface area contributed by atoms with Gasteiger partial charge < -0.3 is 15.1 Å². The number of halogens is 1. The van der Waals surface area contributed by atoms with Crippen molar-refractivity contribution in [2.24, 2.45) is 4.99 Å². The van der Waals surface area contributed by atoms with Crippen molar-refractivity contribution >= 4 is 29.9 Å². The number of nitrogens with one attached hydrogen (secondary N) is 2. The topological polar surface area (TPSA) is 80.3 Å². The molecule has 1 aromatic carbocycles. The van der Waals surface area contributed by atoms with E-state index in [1.54, 1.807) is 13.3 Å². The molecule has 0 saturated carbocycles. The third-order valence-electron chi connectivity index (χ3n) is 3.85. The van der Waals surface area contributed by atoms with Crippen molar-refractivity contribution < 1.29 is 4.42 Å². The van der Waals surface area contributed by atoms with E-state index in [1.165, 1.54) is 5.56 Å². The number of guanidine groups is 1. The molecule has 2 N–H and O–H groups in total. The Balaban J connectivity index is 0.00000261. The zero-order chi connectivity index (χ0) is 18.2. The molecule has 0 amide bonds. The molecule has 0 aliphatic carbocycles. The maximum Gasteiger partial charge on any atom is 0.226 e. The maximum absolute atomic E-state index is 5.55. The van der Waals surface area contributed by atoms with E-state index in [0.717, 1.165) is 36.7 Å². The Morgan fingerprint density at radius 2 is 2.04 bits per heavy atom. The largest absolute Gasteiger partial charge is 0.444 e. The second-order valence-corrected chi connectivity index (χ2v) is 6.00. The summed E-state index contributed by atoms with van der Waals surface area (Å²) in [7, 11) is 1.75. The molecule has 2 aromatic heterocycles. The molecule has 0 aliphatic heterocycles. The van der Waals surface area contributed by atoms with Gasteiger partial charge in [-0.3, -0.25) is 9.67 Å². The summed E-state index contributed by atoms with van der Waals surface area (Å²) in [5.74, 6) is 1.37. The van der Waals surface area contributed by atoms with Crippen molar-refractivity contribution in [2.75, 3.05) is 13.6 Å². The van der Waals surface area contributed by atoms with Gasteiger partial charge in [-0.1, -0.05) is 18.2 Å². The van der Waals surface area contributed by atoms with Crippen LogP contribution in [0.3, 0.4) is 0 Å². The third kappa shape index (κ3) is 6.38. The summed E-state index contributed by atoms with van der Waals surface area (Å²) < 4.78 is 7.50. The highest BCUT2D eigenvalue weighted by atomic mass is 127. The molecule has 2 heterocycles. The molecule has 144 valence electrons. The van der Waals surface area contributed by atoms with Gasteiger partial charge in [0.05, 0.1) is 18.4 Å². The highest BCUT2D eigenvalue weighted by Gasteiger charge is 2.07. The first-order valence-electron chi connectivity index (χ1n) is 8.68. The van der Waals surface area contributed by atoms with Crippen LogP contribution in [0.4, 0.5) is 0 Å². The van der Waals surface area contributed by atoms with E-state index >= 15 is 0 Å². The van der Waals surface area contributed by atoms with Gasteiger partial charge in [0.15, 0.2) is 5.96 Å². The average molecular weight is 480 g/mol. The number of aliphatic imine (C=N–C) groups is 1. The van der Waals surface area contributed by atoms with Crippen LogP contribution in [0.15, 0.2) is 58.4 Å². The fourth-order valence-electron chi connectivity index (χ4n) is 2.53. The lowest BCUT2D eigenvalue weighted by Crippen LogP contribution is -2.37. The monoisotopic (exact) mass is 480 g/mol. The van der Waals surface area contributed by atoms with Crippen molar-refractivity contribution in [1.29, 1.82) is 0 Å². The Labute approximate surface area is 176 Å². The number of hydrogen-bond donors (Lipinski definition) is 2. The Morgan fingerprint density at radius 3 is 2.74 bits per heavy atom. The second-order valence-electron chi connectivity index (χ2n) is 6.00. The van der Waals surface area contributed by atoms with Gasteiger partial charge in [0.25, 0.3) is 0 Å². The van der Waals surface area contributed by atoms with E-state index in [1.807, 2.05) is 54.3 Å². The minimum absolute atomic E-state index is 0. The van der Waals surface area contributed by atoms with Gasteiger partial charge in [-0.15, -0.1) is 24.0 Å². The smallest absolute Gasteiger partial charge is 0.226 e. The van der Waals surface area contributed by atoms with E-state index in [4.69, 9.17) is 4.42 Å². The molecule has 3 aromatic rings. The van der Waals surface area contributed by atoms with E-state index < -0.39 is 0 Å². The molecule has 0 spiro atoms. The number of nitrogens with zero attached hydrogens (tertiary/aromatic N) is 4. The highest BCUT2D eigenvalue weighted by Crippen LogP contribution is 2.17. The first kappa shape index (κ1) is 20.9. The summed E-state index contributed by atoms with van der Waals surface area (Å²) in [6.07, 6.45) is 6.55. The molecule has 0 fully saturated rings. The standard InChI is InChI=1S/C19H24N6O.HI/c1-15-11-23-25(13-15)10-6-9-21-19(20-2)22-12-17-14-26-18(24-17)16-7-4-3-5-8-16;/h3-5,7-8,11,13-14H,6,9-10,12H2,1-2H3,(H2,20,21,22);1H. The highest BCUT2D eigenvalue weighted by molar-refractivity contribution is 14.0. The van der Waals surface area contributed by atoms with Gasteiger partial charge in [0.1, 0.15) is 6.26 Å². The molecule has 0 aliphatic rings. The van der Waals surface area contributed by atoms with Crippen LogP contribution >= 0.6 is 24.0 Å². The first-order chi connectivity index (χ1) is 12.7. The van der Waals surface area contributed by atoms with E-state index in [0.29, 0.717) is 12.4 Å². The normalized spacial score (nSPS) is 11.1. The number of oxazole rings is 1. The summed E-state index contributed by atoms with van der Waals surface area (Å²) in [6.45, 7) is 4.28. The summed E-state index contributed by atoms with van der Waals surface area (Å²) in [5.41, 5.74) is 2.98. The zero-order valence-electron chi connectivity index (χ0n) is 15.6. The second kappa shape index (κ2) is 10.7. The van der Waals surface area contributed by atoms with Crippen LogP contribution in [0.25, 0.3) is 11.5 Å². The molecule has 0 atom stereocenters. The fraction of sp³-hybridized carbons (Fsp3) is 0.316. The van der Waals surface area contributed by atoms with Gasteiger partial charge in [-0.25, -0.2) is 4.98 Å². The number of hydrogen-bond acceptors (Lipinski definition) is 4. The summed E-state index contributed by atoms with van der Waals surface area (Å²) >= 11 is 0. The minimum atomic E-state index is 0. The van der Waals surface area contributed by atoms with Crippen LogP contribution < -0.4 is 10.6 Å². The van der Waals surface area contributed by atoms with Gasteiger partial charge in [-0.05, 0) is 31.0 Å². The molecular weight excluding hydrogens is 455 g/mol. The van der Waals surface area contributed by atoms with Gasteiger partial charge >= 0.3 is 0 Å². The number of rotatable bonds is 7. The van der Waals surface area contributed by atoms with E-state index in [-0.39, 0.29) is 24.0 Å². The maximum atomic E-state index is 5.55. The molecule has 8 heteroatoms. The van der Waals surface area contributed by atoms with Crippen LogP contribution in [-0.4, -0.2) is 34.3 Å².